The summed E-state index contributed by atoms with van der Waals surface area (Å²) in [7, 11) is 4.68. The lowest BCUT2D eigenvalue weighted by molar-refractivity contribution is -0.118. The first-order valence-corrected chi connectivity index (χ1v) is 10.7. The van der Waals surface area contributed by atoms with Gasteiger partial charge in [-0.05, 0) is 48.7 Å². The van der Waals surface area contributed by atoms with Gasteiger partial charge in [-0.25, -0.2) is 4.98 Å². The molecule has 0 aliphatic carbocycles. The summed E-state index contributed by atoms with van der Waals surface area (Å²) in [5.74, 6) is 1.79. The van der Waals surface area contributed by atoms with Crippen LogP contribution in [-0.4, -0.2) is 42.5 Å². The molecule has 1 N–H and O–H groups in total. The van der Waals surface area contributed by atoms with Crippen LogP contribution in [0.3, 0.4) is 0 Å². The summed E-state index contributed by atoms with van der Waals surface area (Å²) in [6.07, 6.45) is 3.66. The van der Waals surface area contributed by atoms with E-state index in [2.05, 4.69) is 42.3 Å². The number of imidazole rings is 1. The number of nitrogens with one attached hydrogen (secondary N) is 1. The van der Waals surface area contributed by atoms with Crippen molar-refractivity contribution in [3.8, 4) is 22.9 Å². The molecule has 3 aromatic rings. The van der Waals surface area contributed by atoms with E-state index in [0.29, 0.717) is 23.8 Å². The van der Waals surface area contributed by atoms with Gasteiger partial charge in [0.2, 0.25) is 11.7 Å². The number of rotatable bonds is 9. The van der Waals surface area contributed by atoms with Crippen LogP contribution in [0.2, 0.25) is 0 Å². The first-order valence-electron chi connectivity index (χ1n) is 9.76. The number of aromatic nitrogens is 2. The molecule has 8 heteroatoms. The van der Waals surface area contributed by atoms with Gasteiger partial charge in [0, 0.05) is 18.9 Å². The van der Waals surface area contributed by atoms with Crippen molar-refractivity contribution in [1.29, 1.82) is 0 Å². The molecule has 0 atom stereocenters. The molecule has 0 radical (unpaired) electrons. The van der Waals surface area contributed by atoms with Crippen LogP contribution in [0.25, 0.3) is 5.69 Å². The predicted octanol–water partition coefficient (Wildman–Crippen LogP) is 3.92. The van der Waals surface area contributed by atoms with Crippen LogP contribution in [0.15, 0.2) is 47.9 Å². The second-order valence-electron chi connectivity index (χ2n) is 6.97. The number of amides is 1. The molecule has 31 heavy (non-hydrogen) atoms. The van der Waals surface area contributed by atoms with Gasteiger partial charge < -0.3 is 19.5 Å². The van der Waals surface area contributed by atoms with Gasteiger partial charge in [-0.3, -0.25) is 9.36 Å². The zero-order chi connectivity index (χ0) is 22.4. The molecule has 1 heterocycles. The molecule has 1 aromatic heterocycles. The highest BCUT2D eigenvalue weighted by atomic mass is 32.2. The average molecular weight is 442 g/mol. The van der Waals surface area contributed by atoms with E-state index in [1.165, 1.54) is 17.3 Å². The topological polar surface area (TPSA) is 74.6 Å². The Kier molecular flexibility index (Phi) is 7.46. The molecule has 0 saturated heterocycles. The van der Waals surface area contributed by atoms with E-state index in [1.807, 2.05) is 22.9 Å². The molecular weight excluding hydrogens is 414 g/mol. The molecule has 0 fully saturated rings. The van der Waals surface area contributed by atoms with Gasteiger partial charge in [0.15, 0.2) is 16.7 Å². The number of hydrogen-bond acceptors (Lipinski definition) is 6. The Morgan fingerprint density at radius 3 is 2.42 bits per heavy atom. The van der Waals surface area contributed by atoms with Crippen molar-refractivity contribution >= 4 is 17.7 Å². The first kappa shape index (κ1) is 22.6. The van der Waals surface area contributed by atoms with E-state index in [-0.39, 0.29) is 11.7 Å². The smallest absolute Gasteiger partial charge is 0.230 e. The van der Waals surface area contributed by atoms with Crippen LogP contribution >= 0.6 is 11.8 Å². The third-order valence-electron chi connectivity index (χ3n) is 4.78. The third kappa shape index (κ3) is 5.32. The minimum Gasteiger partial charge on any atom is -0.493 e. The molecule has 0 spiro atoms. The van der Waals surface area contributed by atoms with Gasteiger partial charge in [0.05, 0.1) is 32.8 Å². The lowest BCUT2D eigenvalue weighted by atomic mass is 10.1. The largest absolute Gasteiger partial charge is 0.493 e. The summed E-state index contributed by atoms with van der Waals surface area (Å²) < 4.78 is 18.1. The van der Waals surface area contributed by atoms with Crippen LogP contribution in [-0.2, 0) is 11.3 Å². The molecule has 164 valence electrons. The van der Waals surface area contributed by atoms with E-state index >= 15 is 0 Å². The van der Waals surface area contributed by atoms with Crippen LogP contribution in [0, 0.1) is 13.8 Å². The zero-order valence-electron chi connectivity index (χ0n) is 18.4. The number of hydrogen-bond donors (Lipinski definition) is 1. The highest BCUT2D eigenvalue weighted by Gasteiger charge is 2.14. The van der Waals surface area contributed by atoms with Gasteiger partial charge in [0.25, 0.3) is 0 Å². The summed E-state index contributed by atoms with van der Waals surface area (Å²) in [4.78, 5) is 16.9. The Labute approximate surface area is 186 Å². The van der Waals surface area contributed by atoms with E-state index < -0.39 is 0 Å². The highest BCUT2D eigenvalue weighted by Crippen LogP contribution is 2.38. The van der Waals surface area contributed by atoms with Crippen molar-refractivity contribution < 1.29 is 19.0 Å². The summed E-state index contributed by atoms with van der Waals surface area (Å²) >= 11 is 1.40. The SMILES string of the molecule is COc1cc(CNC(=O)CSc2nccn2-c2cc(C)ccc2C)cc(OC)c1OC. The first-order chi connectivity index (χ1) is 15.0. The van der Waals surface area contributed by atoms with Crippen LogP contribution in [0.4, 0.5) is 0 Å². The lowest BCUT2D eigenvalue weighted by Gasteiger charge is -2.14. The fourth-order valence-corrected chi connectivity index (χ4v) is 3.97. The number of thioether (sulfide) groups is 1. The number of carbonyl (C=O) groups is 1. The van der Waals surface area contributed by atoms with E-state index in [9.17, 15) is 4.79 Å². The van der Waals surface area contributed by atoms with E-state index in [0.717, 1.165) is 22.0 Å². The summed E-state index contributed by atoms with van der Waals surface area (Å²) in [5.41, 5.74) is 4.24. The molecule has 0 saturated carbocycles. The van der Waals surface area contributed by atoms with Crippen molar-refractivity contribution in [1.82, 2.24) is 14.9 Å². The minimum atomic E-state index is -0.0886. The minimum absolute atomic E-state index is 0.0886. The van der Waals surface area contributed by atoms with Crippen LogP contribution in [0.5, 0.6) is 17.2 Å². The van der Waals surface area contributed by atoms with Gasteiger partial charge in [-0.2, -0.15) is 0 Å². The Bertz CT molecular complexity index is 1040. The average Bonchev–Trinajstić information content (AvgIpc) is 3.25. The van der Waals surface area contributed by atoms with Crippen molar-refractivity contribution in [3.05, 3.63) is 59.4 Å². The maximum absolute atomic E-state index is 12.5. The summed E-state index contributed by atoms with van der Waals surface area (Å²) in [5, 5.41) is 3.71. The number of methoxy groups -OCH3 is 3. The van der Waals surface area contributed by atoms with Crippen LogP contribution in [0.1, 0.15) is 16.7 Å². The van der Waals surface area contributed by atoms with E-state index in [4.69, 9.17) is 14.2 Å². The second-order valence-corrected chi connectivity index (χ2v) is 7.91. The van der Waals surface area contributed by atoms with Gasteiger partial charge >= 0.3 is 0 Å². The molecular formula is C23H27N3O4S. The summed E-state index contributed by atoms with van der Waals surface area (Å²) in [6, 6.07) is 9.93. The predicted molar refractivity (Wildman–Crippen MR) is 122 cm³/mol. The normalized spacial score (nSPS) is 10.6. The second kappa shape index (κ2) is 10.3. The third-order valence-corrected chi connectivity index (χ3v) is 5.74. The Morgan fingerprint density at radius 2 is 1.77 bits per heavy atom. The number of carbonyl (C=O) groups excluding carboxylic acids is 1. The quantitative estimate of drug-likeness (QED) is 0.507. The van der Waals surface area contributed by atoms with Gasteiger partial charge in [-0.15, -0.1) is 0 Å². The Balaban J connectivity index is 1.64. The number of aryl methyl sites for hydroxylation is 2. The summed E-state index contributed by atoms with van der Waals surface area (Å²) in [6.45, 7) is 4.47. The Morgan fingerprint density at radius 1 is 1.06 bits per heavy atom. The number of ether oxygens (including phenoxy) is 3. The maximum atomic E-state index is 12.5. The van der Waals surface area contributed by atoms with Gasteiger partial charge in [-0.1, -0.05) is 23.9 Å². The highest BCUT2D eigenvalue weighted by molar-refractivity contribution is 7.99. The molecule has 1 amide bonds. The molecule has 2 aromatic carbocycles. The lowest BCUT2D eigenvalue weighted by Crippen LogP contribution is -2.24. The monoisotopic (exact) mass is 441 g/mol. The van der Waals surface area contributed by atoms with Crippen molar-refractivity contribution in [2.45, 2.75) is 25.5 Å². The molecule has 0 aliphatic rings. The maximum Gasteiger partial charge on any atom is 0.230 e. The molecule has 3 rings (SSSR count). The standard InChI is InChI=1S/C23H27N3O4S/c1-15-6-7-16(2)18(10-15)26-9-8-24-23(26)31-14-21(27)25-13-17-11-19(28-3)22(30-5)20(12-17)29-4/h6-12H,13-14H2,1-5H3,(H,25,27). The van der Waals surface area contributed by atoms with Crippen molar-refractivity contribution in [2.75, 3.05) is 27.1 Å². The number of nitrogens with zero attached hydrogens (tertiary/aromatic N) is 2. The molecule has 0 unspecified atom stereocenters. The van der Waals surface area contributed by atoms with E-state index in [1.54, 1.807) is 27.5 Å². The molecule has 0 aliphatic heterocycles. The van der Waals surface area contributed by atoms with Gasteiger partial charge in [0.1, 0.15) is 0 Å². The number of benzene rings is 2. The van der Waals surface area contributed by atoms with Crippen molar-refractivity contribution in [2.24, 2.45) is 0 Å². The van der Waals surface area contributed by atoms with Crippen LogP contribution < -0.4 is 19.5 Å². The molecule has 0 bridgehead atoms. The fourth-order valence-electron chi connectivity index (χ4n) is 3.18. The fraction of sp³-hybridized carbons (Fsp3) is 0.304. The molecule has 7 nitrogen and oxygen atoms in total. The Hall–Kier alpha value is -3.13. The zero-order valence-corrected chi connectivity index (χ0v) is 19.2. The van der Waals surface area contributed by atoms with Crippen molar-refractivity contribution in [3.63, 3.8) is 0 Å².